The average molecular weight is 389 g/mol. The lowest BCUT2D eigenvalue weighted by atomic mass is 10.1. The van der Waals surface area contributed by atoms with E-state index in [9.17, 15) is 15.0 Å². The van der Waals surface area contributed by atoms with Gasteiger partial charge in [-0.2, -0.15) is 0 Å². The fourth-order valence-corrected chi connectivity index (χ4v) is 2.80. The van der Waals surface area contributed by atoms with Crippen molar-refractivity contribution < 1.29 is 19.7 Å². The van der Waals surface area contributed by atoms with Crippen molar-refractivity contribution in [2.45, 2.75) is 84.2 Å². The molecule has 0 atom stereocenters. The van der Waals surface area contributed by atoms with Gasteiger partial charge in [0.1, 0.15) is 6.61 Å². The van der Waals surface area contributed by atoms with E-state index in [4.69, 9.17) is 4.74 Å². The predicted octanol–water partition coefficient (Wildman–Crippen LogP) is 6.56. The summed E-state index contributed by atoms with van der Waals surface area (Å²) in [7, 11) is 0. The van der Waals surface area contributed by atoms with Crippen molar-refractivity contribution in [3.8, 4) is 11.5 Å². The van der Waals surface area contributed by atoms with Crippen molar-refractivity contribution in [1.29, 1.82) is 0 Å². The zero-order valence-corrected chi connectivity index (χ0v) is 17.2. The van der Waals surface area contributed by atoms with Gasteiger partial charge in [-0.1, -0.05) is 63.0 Å². The number of hydrogen-bond acceptors (Lipinski definition) is 4. The largest absolute Gasteiger partial charge is 0.504 e. The van der Waals surface area contributed by atoms with Gasteiger partial charge in [0.25, 0.3) is 0 Å². The maximum Gasteiger partial charge on any atom is 0.306 e. The number of hydrogen-bond donors (Lipinski definition) is 2. The Hall–Kier alpha value is -2.23. The van der Waals surface area contributed by atoms with Gasteiger partial charge in [-0.3, -0.25) is 4.79 Å². The lowest BCUT2D eigenvalue weighted by molar-refractivity contribution is -0.145. The highest BCUT2D eigenvalue weighted by Gasteiger charge is 2.05. The van der Waals surface area contributed by atoms with Gasteiger partial charge in [0.2, 0.25) is 0 Å². The normalized spacial score (nSPS) is 11.5. The quantitative estimate of drug-likeness (QED) is 0.154. The van der Waals surface area contributed by atoms with Gasteiger partial charge in [-0.05, 0) is 56.2 Å². The first kappa shape index (κ1) is 23.8. The summed E-state index contributed by atoms with van der Waals surface area (Å²) in [4.78, 5) is 11.7. The maximum atomic E-state index is 11.7. The summed E-state index contributed by atoms with van der Waals surface area (Å²) in [5.74, 6) is -0.604. The zero-order chi connectivity index (χ0) is 20.5. The van der Waals surface area contributed by atoms with Crippen LogP contribution in [0, 0.1) is 0 Å². The number of benzene rings is 1. The Morgan fingerprint density at radius 1 is 0.893 bits per heavy atom. The third-order valence-electron chi connectivity index (χ3n) is 4.52. The molecular weight excluding hydrogens is 352 g/mol. The molecule has 0 aliphatic rings. The molecule has 28 heavy (non-hydrogen) atoms. The minimum absolute atomic E-state index is 0.116. The molecule has 0 aliphatic heterocycles. The van der Waals surface area contributed by atoms with E-state index < -0.39 is 0 Å². The number of esters is 1. The predicted molar refractivity (Wildman–Crippen MR) is 114 cm³/mol. The molecule has 0 aliphatic carbocycles. The smallest absolute Gasteiger partial charge is 0.306 e. The molecule has 0 amide bonds. The molecule has 1 aromatic rings. The van der Waals surface area contributed by atoms with Crippen LogP contribution in [0.2, 0.25) is 0 Å². The summed E-state index contributed by atoms with van der Waals surface area (Å²) in [5, 5.41) is 18.7. The van der Waals surface area contributed by atoms with E-state index in [-0.39, 0.29) is 24.1 Å². The van der Waals surface area contributed by atoms with Gasteiger partial charge in [-0.15, -0.1) is 0 Å². The molecule has 0 fully saturated rings. The minimum atomic E-state index is -0.224. The van der Waals surface area contributed by atoms with Crippen LogP contribution in [0.4, 0.5) is 0 Å². The Labute approximate surface area is 169 Å². The molecule has 0 radical (unpaired) electrons. The Bertz CT molecular complexity index is 605. The van der Waals surface area contributed by atoms with Gasteiger partial charge in [0.15, 0.2) is 11.5 Å². The van der Waals surface area contributed by atoms with E-state index in [2.05, 4.69) is 31.2 Å². The second kappa shape index (κ2) is 15.8. The Kier molecular flexibility index (Phi) is 13.4. The molecule has 4 heteroatoms. The lowest BCUT2D eigenvalue weighted by Crippen LogP contribution is -2.04. The van der Waals surface area contributed by atoms with Gasteiger partial charge < -0.3 is 14.9 Å². The van der Waals surface area contributed by atoms with Crippen molar-refractivity contribution in [3.63, 3.8) is 0 Å². The molecule has 0 bridgehead atoms. The molecule has 0 saturated heterocycles. The minimum Gasteiger partial charge on any atom is -0.504 e. The van der Waals surface area contributed by atoms with Crippen LogP contribution in [0.5, 0.6) is 11.5 Å². The number of phenols is 2. The molecule has 4 nitrogen and oxygen atoms in total. The molecule has 2 N–H and O–H groups in total. The number of unbranched alkanes of at least 4 members (excludes halogenated alkanes) is 7. The van der Waals surface area contributed by atoms with Crippen LogP contribution < -0.4 is 0 Å². The number of rotatable bonds is 15. The number of phenolic OH excluding ortho intramolecular Hbond substituents is 2. The first-order chi connectivity index (χ1) is 13.6. The molecule has 0 spiro atoms. The molecule has 1 aromatic carbocycles. The van der Waals surface area contributed by atoms with Crippen LogP contribution >= 0.6 is 0 Å². The topological polar surface area (TPSA) is 66.8 Å². The van der Waals surface area contributed by atoms with Crippen LogP contribution in [0.3, 0.4) is 0 Å². The summed E-state index contributed by atoms with van der Waals surface area (Å²) in [6.45, 7) is 2.34. The average Bonchev–Trinajstić information content (AvgIpc) is 2.69. The number of carbonyl (C=O) groups is 1. The van der Waals surface area contributed by atoms with E-state index >= 15 is 0 Å². The SMILES string of the molecule is CCCCC/C=C\C/C=C\CCCCCCC(=O)OCc1ccc(O)c(O)c1. The van der Waals surface area contributed by atoms with Gasteiger partial charge in [0, 0.05) is 6.42 Å². The van der Waals surface area contributed by atoms with Crippen molar-refractivity contribution in [2.75, 3.05) is 0 Å². The van der Waals surface area contributed by atoms with Crippen molar-refractivity contribution in [1.82, 2.24) is 0 Å². The highest BCUT2D eigenvalue weighted by atomic mass is 16.5. The highest BCUT2D eigenvalue weighted by molar-refractivity contribution is 5.69. The molecule has 0 saturated carbocycles. The number of carbonyl (C=O) groups excluding carboxylic acids is 1. The van der Waals surface area contributed by atoms with Crippen LogP contribution in [-0.4, -0.2) is 16.2 Å². The first-order valence-electron chi connectivity index (χ1n) is 10.6. The number of ether oxygens (including phenoxy) is 1. The molecule has 0 heterocycles. The summed E-state index contributed by atoms with van der Waals surface area (Å²) < 4.78 is 5.19. The first-order valence-corrected chi connectivity index (χ1v) is 10.6. The van der Waals surface area contributed by atoms with Crippen molar-refractivity contribution in [3.05, 3.63) is 48.1 Å². The van der Waals surface area contributed by atoms with Crippen LogP contribution in [0.15, 0.2) is 42.5 Å². The van der Waals surface area contributed by atoms with Gasteiger partial charge in [0.05, 0.1) is 0 Å². The fourth-order valence-electron chi connectivity index (χ4n) is 2.80. The van der Waals surface area contributed by atoms with Crippen molar-refractivity contribution >= 4 is 5.97 Å². The van der Waals surface area contributed by atoms with E-state index in [1.165, 1.54) is 37.8 Å². The molecule has 0 aromatic heterocycles. The molecule has 0 unspecified atom stereocenters. The van der Waals surface area contributed by atoms with Crippen LogP contribution in [0.25, 0.3) is 0 Å². The zero-order valence-electron chi connectivity index (χ0n) is 17.2. The summed E-state index contributed by atoms with van der Waals surface area (Å²) >= 11 is 0. The third-order valence-corrected chi connectivity index (χ3v) is 4.52. The fraction of sp³-hybridized carbons (Fsp3) is 0.542. The van der Waals surface area contributed by atoms with E-state index in [1.54, 1.807) is 6.07 Å². The summed E-state index contributed by atoms with van der Waals surface area (Å²) in [5.41, 5.74) is 0.659. The van der Waals surface area contributed by atoms with Gasteiger partial charge >= 0.3 is 5.97 Å². The standard InChI is InChI=1S/C24H36O4/c1-2-3-4-5-6-7-8-9-10-11-12-13-14-15-16-24(27)28-20-21-17-18-22(25)23(26)19-21/h6-7,9-10,17-19,25-26H,2-5,8,11-16,20H2,1H3/b7-6-,10-9-. The van der Waals surface area contributed by atoms with Gasteiger partial charge in [-0.25, -0.2) is 0 Å². The lowest BCUT2D eigenvalue weighted by Gasteiger charge is -2.06. The Morgan fingerprint density at radius 2 is 1.57 bits per heavy atom. The van der Waals surface area contributed by atoms with Crippen molar-refractivity contribution in [2.24, 2.45) is 0 Å². The maximum absolute atomic E-state index is 11.7. The Balaban J connectivity index is 1.95. The third kappa shape index (κ3) is 12.2. The summed E-state index contributed by atoms with van der Waals surface area (Å²) in [6, 6.07) is 4.41. The highest BCUT2D eigenvalue weighted by Crippen LogP contribution is 2.25. The molecular formula is C24H36O4. The van der Waals surface area contributed by atoms with E-state index in [0.717, 1.165) is 38.5 Å². The monoisotopic (exact) mass is 388 g/mol. The number of allylic oxidation sites excluding steroid dienone is 4. The second-order valence-electron chi connectivity index (χ2n) is 7.11. The molecule has 156 valence electrons. The van der Waals surface area contributed by atoms with E-state index in [1.807, 2.05) is 0 Å². The summed E-state index contributed by atoms with van der Waals surface area (Å²) in [6.07, 6.45) is 20.8. The number of aromatic hydroxyl groups is 2. The van der Waals surface area contributed by atoms with Crippen LogP contribution in [-0.2, 0) is 16.1 Å². The molecule has 1 rings (SSSR count). The second-order valence-corrected chi connectivity index (χ2v) is 7.11. The Morgan fingerprint density at radius 3 is 2.25 bits per heavy atom. The van der Waals surface area contributed by atoms with E-state index in [0.29, 0.717) is 12.0 Å². The van der Waals surface area contributed by atoms with Crippen LogP contribution in [0.1, 0.15) is 83.1 Å².